The predicted octanol–water partition coefficient (Wildman–Crippen LogP) is 1.15. The second kappa shape index (κ2) is 1.20. The zero-order valence-corrected chi connectivity index (χ0v) is 5.69. The standard InChI is InChI=1S/C8H13N/c1-2-8(1)7-3-6(4-7)5-9-8/h6-7,9H,1-5H2. The zero-order chi connectivity index (χ0) is 5.90. The molecule has 0 radical (unpaired) electrons. The number of nitrogens with one attached hydrogen (secondary N) is 1. The highest BCUT2D eigenvalue weighted by molar-refractivity contribution is 5.14. The molecule has 2 heterocycles. The van der Waals surface area contributed by atoms with Crippen LogP contribution < -0.4 is 5.32 Å². The van der Waals surface area contributed by atoms with Crippen molar-refractivity contribution in [3.05, 3.63) is 0 Å². The molecule has 9 heavy (non-hydrogen) atoms. The lowest BCUT2D eigenvalue weighted by Gasteiger charge is -2.48. The smallest absolute Gasteiger partial charge is 0.0211 e. The van der Waals surface area contributed by atoms with E-state index in [-0.39, 0.29) is 0 Å². The van der Waals surface area contributed by atoms with Crippen LogP contribution in [0.2, 0.25) is 0 Å². The molecule has 2 bridgehead atoms. The van der Waals surface area contributed by atoms with E-state index in [1.807, 2.05) is 0 Å². The average Bonchev–Trinajstić information content (AvgIpc) is 2.47. The molecule has 4 fully saturated rings. The summed E-state index contributed by atoms with van der Waals surface area (Å²) in [5.41, 5.74) is 0.703. The fourth-order valence-electron chi connectivity index (χ4n) is 2.57. The van der Waals surface area contributed by atoms with Crippen molar-refractivity contribution in [3.8, 4) is 0 Å². The minimum Gasteiger partial charge on any atom is -0.311 e. The van der Waals surface area contributed by atoms with E-state index < -0.39 is 0 Å². The summed E-state index contributed by atoms with van der Waals surface area (Å²) < 4.78 is 0. The third-order valence-corrected chi connectivity index (χ3v) is 3.55. The number of rotatable bonds is 0. The first kappa shape index (κ1) is 4.73. The van der Waals surface area contributed by atoms with E-state index in [1.54, 1.807) is 12.8 Å². The summed E-state index contributed by atoms with van der Waals surface area (Å²) in [6.07, 6.45) is 6.05. The van der Waals surface area contributed by atoms with Gasteiger partial charge in [-0.3, -0.25) is 0 Å². The largest absolute Gasteiger partial charge is 0.311 e. The molecule has 0 aromatic rings. The third-order valence-electron chi connectivity index (χ3n) is 3.55. The van der Waals surface area contributed by atoms with Crippen molar-refractivity contribution >= 4 is 0 Å². The van der Waals surface area contributed by atoms with Crippen LogP contribution in [-0.4, -0.2) is 12.1 Å². The second-order valence-corrected chi connectivity index (χ2v) is 4.07. The first-order valence-electron chi connectivity index (χ1n) is 4.14. The van der Waals surface area contributed by atoms with Gasteiger partial charge in [0.25, 0.3) is 0 Å². The number of hydrogen-bond donors (Lipinski definition) is 1. The summed E-state index contributed by atoms with van der Waals surface area (Å²) in [5, 5.41) is 3.67. The van der Waals surface area contributed by atoms with Crippen molar-refractivity contribution in [1.29, 1.82) is 0 Å². The lowest BCUT2D eigenvalue weighted by Crippen LogP contribution is -2.55. The van der Waals surface area contributed by atoms with Crippen LogP contribution in [0.3, 0.4) is 0 Å². The lowest BCUT2D eigenvalue weighted by atomic mass is 9.66. The maximum Gasteiger partial charge on any atom is 0.0211 e. The maximum absolute atomic E-state index is 3.67. The Balaban J connectivity index is 1.88. The Morgan fingerprint density at radius 1 is 1.22 bits per heavy atom. The van der Waals surface area contributed by atoms with E-state index in [4.69, 9.17) is 0 Å². The van der Waals surface area contributed by atoms with Gasteiger partial charge in [0.15, 0.2) is 0 Å². The van der Waals surface area contributed by atoms with E-state index in [0.29, 0.717) is 5.54 Å². The van der Waals surface area contributed by atoms with Crippen molar-refractivity contribution in [1.82, 2.24) is 5.32 Å². The first-order chi connectivity index (χ1) is 4.39. The number of piperidine rings is 2. The molecular weight excluding hydrogens is 110 g/mol. The molecule has 1 spiro atoms. The van der Waals surface area contributed by atoms with Crippen LogP contribution in [-0.2, 0) is 0 Å². The van der Waals surface area contributed by atoms with Gasteiger partial charge in [-0.05, 0) is 44.1 Å². The molecule has 2 saturated heterocycles. The van der Waals surface area contributed by atoms with Crippen molar-refractivity contribution in [2.45, 2.75) is 31.2 Å². The highest BCUT2D eigenvalue weighted by Gasteiger charge is 2.56. The van der Waals surface area contributed by atoms with Gasteiger partial charge in [0.1, 0.15) is 0 Å². The molecule has 2 aliphatic carbocycles. The molecule has 4 rings (SSSR count). The molecule has 0 amide bonds. The Bertz CT molecular complexity index is 140. The molecular formula is C8H13N. The monoisotopic (exact) mass is 123 g/mol. The van der Waals surface area contributed by atoms with Gasteiger partial charge in [0.2, 0.25) is 0 Å². The van der Waals surface area contributed by atoms with Crippen LogP contribution in [0.1, 0.15) is 25.7 Å². The van der Waals surface area contributed by atoms with E-state index in [0.717, 1.165) is 11.8 Å². The molecule has 2 aliphatic heterocycles. The molecule has 4 aliphatic rings. The average molecular weight is 123 g/mol. The van der Waals surface area contributed by atoms with E-state index >= 15 is 0 Å². The van der Waals surface area contributed by atoms with E-state index in [1.165, 1.54) is 19.4 Å². The van der Waals surface area contributed by atoms with Crippen molar-refractivity contribution in [2.24, 2.45) is 11.8 Å². The van der Waals surface area contributed by atoms with Crippen molar-refractivity contribution in [2.75, 3.05) is 6.54 Å². The summed E-state index contributed by atoms with van der Waals surface area (Å²) in [6, 6.07) is 0. The molecule has 50 valence electrons. The van der Waals surface area contributed by atoms with Crippen molar-refractivity contribution < 1.29 is 0 Å². The second-order valence-electron chi connectivity index (χ2n) is 4.07. The fraction of sp³-hybridized carbons (Fsp3) is 1.00. The topological polar surface area (TPSA) is 12.0 Å². The Kier molecular flexibility index (Phi) is 0.628. The van der Waals surface area contributed by atoms with Crippen LogP contribution >= 0.6 is 0 Å². The summed E-state index contributed by atoms with van der Waals surface area (Å²) >= 11 is 0. The first-order valence-corrected chi connectivity index (χ1v) is 4.14. The SMILES string of the molecule is C1NC2(CC2)C2CC1C2. The number of hydrogen-bond acceptors (Lipinski definition) is 1. The van der Waals surface area contributed by atoms with Gasteiger partial charge in [-0.2, -0.15) is 0 Å². The van der Waals surface area contributed by atoms with Crippen molar-refractivity contribution in [3.63, 3.8) is 0 Å². The van der Waals surface area contributed by atoms with Gasteiger partial charge in [0.05, 0.1) is 0 Å². The molecule has 1 nitrogen and oxygen atoms in total. The predicted molar refractivity (Wildman–Crippen MR) is 36.2 cm³/mol. The van der Waals surface area contributed by atoms with E-state index in [2.05, 4.69) is 5.32 Å². The van der Waals surface area contributed by atoms with Crippen LogP contribution in [0.4, 0.5) is 0 Å². The fourth-order valence-corrected chi connectivity index (χ4v) is 2.57. The minimum absolute atomic E-state index is 0.703. The molecule has 0 unspecified atom stereocenters. The van der Waals surface area contributed by atoms with Crippen LogP contribution in [0.25, 0.3) is 0 Å². The summed E-state index contributed by atoms with van der Waals surface area (Å²) in [7, 11) is 0. The Hall–Kier alpha value is -0.0400. The molecule has 0 atom stereocenters. The quantitative estimate of drug-likeness (QED) is 0.509. The van der Waals surface area contributed by atoms with Crippen LogP contribution in [0.5, 0.6) is 0 Å². The molecule has 1 N–H and O–H groups in total. The van der Waals surface area contributed by atoms with Gasteiger partial charge in [0, 0.05) is 5.54 Å². The van der Waals surface area contributed by atoms with Gasteiger partial charge in [-0.15, -0.1) is 0 Å². The highest BCUT2D eigenvalue weighted by atomic mass is 15.1. The zero-order valence-electron chi connectivity index (χ0n) is 5.69. The Morgan fingerprint density at radius 2 is 2.00 bits per heavy atom. The maximum atomic E-state index is 3.67. The minimum atomic E-state index is 0.703. The van der Waals surface area contributed by atoms with Crippen LogP contribution in [0.15, 0.2) is 0 Å². The highest BCUT2D eigenvalue weighted by Crippen LogP contribution is 2.56. The van der Waals surface area contributed by atoms with Gasteiger partial charge < -0.3 is 5.32 Å². The Labute approximate surface area is 55.8 Å². The molecule has 0 aromatic carbocycles. The van der Waals surface area contributed by atoms with E-state index in [9.17, 15) is 0 Å². The normalized spacial score (nSPS) is 50.7. The van der Waals surface area contributed by atoms with Gasteiger partial charge in [-0.25, -0.2) is 0 Å². The third kappa shape index (κ3) is 0.454. The molecule has 2 saturated carbocycles. The Morgan fingerprint density at radius 3 is 2.33 bits per heavy atom. The van der Waals surface area contributed by atoms with Gasteiger partial charge in [-0.1, -0.05) is 0 Å². The molecule has 0 aromatic heterocycles. The lowest BCUT2D eigenvalue weighted by molar-refractivity contribution is 0.0698. The number of fused-ring (bicyclic) bond motifs is 1. The summed E-state index contributed by atoms with van der Waals surface area (Å²) in [5.74, 6) is 2.16. The summed E-state index contributed by atoms with van der Waals surface area (Å²) in [4.78, 5) is 0. The van der Waals surface area contributed by atoms with Gasteiger partial charge >= 0.3 is 0 Å². The van der Waals surface area contributed by atoms with Crippen LogP contribution in [0, 0.1) is 11.8 Å². The molecule has 1 heteroatoms. The summed E-state index contributed by atoms with van der Waals surface area (Å²) in [6.45, 7) is 1.33.